The Hall–Kier alpha value is -1.51. The smallest absolute Gasteiger partial charge is 0.221 e. The number of carbonyl (C=O) groups is 1. The zero-order chi connectivity index (χ0) is 13.1. The third-order valence-electron chi connectivity index (χ3n) is 3.27. The van der Waals surface area contributed by atoms with Gasteiger partial charge in [-0.05, 0) is 44.7 Å². The van der Waals surface area contributed by atoms with E-state index in [1.165, 1.54) is 22.4 Å². The summed E-state index contributed by atoms with van der Waals surface area (Å²) in [6.45, 7) is 7.01. The van der Waals surface area contributed by atoms with E-state index in [4.69, 9.17) is 0 Å². The van der Waals surface area contributed by atoms with Crippen LogP contribution in [0.15, 0.2) is 12.1 Å². The Morgan fingerprint density at radius 2 is 1.83 bits per heavy atom. The second-order valence-corrected chi connectivity index (χ2v) is 5.29. The molecule has 3 nitrogen and oxygen atoms in total. The molecule has 1 amide bonds. The molecule has 2 rings (SSSR count). The number of nitrogens with one attached hydrogen (secondary N) is 2. The first-order valence-electron chi connectivity index (χ1n) is 6.67. The van der Waals surface area contributed by atoms with Crippen LogP contribution in [0.1, 0.15) is 36.0 Å². The normalized spacial score (nSPS) is 14.4. The number of anilines is 1. The van der Waals surface area contributed by atoms with E-state index in [1.54, 1.807) is 0 Å². The highest BCUT2D eigenvalue weighted by Gasteiger charge is 2.22. The second kappa shape index (κ2) is 5.42. The average molecular weight is 246 g/mol. The van der Waals surface area contributed by atoms with Crippen LogP contribution in [0.5, 0.6) is 0 Å². The Labute approximate surface area is 109 Å². The van der Waals surface area contributed by atoms with Gasteiger partial charge in [0.25, 0.3) is 0 Å². The highest BCUT2D eigenvalue weighted by atomic mass is 16.1. The van der Waals surface area contributed by atoms with Crippen LogP contribution < -0.4 is 10.6 Å². The van der Waals surface area contributed by atoms with Crippen molar-refractivity contribution in [1.82, 2.24) is 5.32 Å². The van der Waals surface area contributed by atoms with Crippen LogP contribution >= 0.6 is 0 Å². The molecule has 0 aliphatic heterocycles. The molecule has 1 aliphatic carbocycles. The molecule has 1 aromatic carbocycles. The Kier molecular flexibility index (Phi) is 3.90. The van der Waals surface area contributed by atoms with Gasteiger partial charge in [-0.1, -0.05) is 17.7 Å². The lowest BCUT2D eigenvalue weighted by atomic mass is 10.1. The number of rotatable bonds is 5. The van der Waals surface area contributed by atoms with Crippen LogP contribution in [-0.4, -0.2) is 18.5 Å². The van der Waals surface area contributed by atoms with E-state index < -0.39 is 0 Å². The van der Waals surface area contributed by atoms with E-state index in [-0.39, 0.29) is 5.91 Å². The molecule has 0 spiro atoms. The lowest BCUT2D eigenvalue weighted by molar-refractivity contribution is -0.120. The van der Waals surface area contributed by atoms with E-state index in [0.29, 0.717) is 19.0 Å². The predicted octanol–water partition coefficient (Wildman–Crippen LogP) is 2.69. The molecule has 98 valence electrons. The van der Waals surface area contributed by atoms with Crippen molar-refractivity contribution in [2.45, 2.75) is 46.1 Å². The van der Waals surface area contributed by atoms with Gasteiger partial charge in [0.05, 0.1) is 0 Å². The summed E-state index contributed by atoms with van der Waals surface area (Å²) < 4.78 is 0. The maximum absolute atomic E-state index is 11.6. The molecule has 1 aliphatic rings. The average Bonchev–Trinajstić information content (AvgIpc) is 3.05. The molecule has 0 saturated heterocycles. The summed E-state index contributed by atoms with van der Waals surface area (Å²) >= 11 is 0. The van der Waals surface area contributed by atoms with Gasteiger partial charge in [-0.25, -0.2) is 0 Å². The van der Waals surface area contributed by atoms with Crippen molar-refractivity contribution in [1.29, 1.82) is 0 Å². The van der Waals surface area contributed by atoms with E-state index >= 15 is 0 Å². The molecule has 0 bridgehead atoms. The number of hydrogen-bond donors (Lipinski definition) is 2. The van der Waals surface area contributed by atoms with E-state index in [9.17, 15) is 4.79 Å². The first-order chi connectivity index (χ1) is 8.56. The van der Waals surface area contributed by atoms with E-state index in [1.807, 2.05) is 0 Å². The van der Waals surface area contributed by atoms with Crippen molar-refractivity contribution in [3.8, 4) is 0 Å². The van der Waals surface area contributed by atoms with Gasteiger partial charge in [-0.2, -0.15) is 0 Å². The topological polar surface area (TPSA) is 41.1 Å². The minimum atomic E-state index is 0.160. The van der Waals surface area contributed by atoms with Crippen molar-refractivity contribution in [3.63, 3.8) is 0 Å². The minimum absolute atomic E-state index is 0.160. The second-order valence-electron chi connectivity index (χ2n) is 5.29. The molecule has 3 heteroatoms. The summed E-state index contributed by atoms with van der Waals surface area (Å²) in [5.41, 5.74) is 4.94. The molecule has 0 aromatic heterocycles. The van der Waals surface area contributed by atoms with Crippen LogP contribution in [0.3, 0.4) is 0 Å². The Balaban J connectivity index is 1.84. The van der Waals surface area contributed by atoms with Gasteiger partial charge in [0.2, 0.25) is 5.91 Å². The quantitative estimate of drug-likeness (QED) is 0.838. The number of carbonyl (C=O) groups excluding carboxylic acids is 1. The highest BCUT2D eigenvalue weighted by molar-refractivity contribution is 5.77. The molecular weight excluding hydrogens is 224 g/mol. The van der Waals surface area contributed by atoms with Gasteiger partial charge in [0.15, 0.2) is 0 Å². The summed E-state index contributed by atoms with van der Waals surface area (Å²) in [5.74, 6) is 0.160. The molecule has 1 saturated carbocycles. The van der Waals surface area contributed by atoms with E-state index in [0.717, 1.165) is 12.8 Å². The molecular formula is C15H22N2O. The fourth-order valence-electron chi connectivity index (χ4n) is 2.29. The van der Waals surface area contributed by atoms with Crippen LogP contribution in [0, 0.1) is 20.8 Å². The maximum atomic E-state index is 11.6. The van der Waals surface area contributed by atoms with Gasteiger partial charge in [-0.15, -0.1) is 0 Å². The number of hydrogen-bond acceptors (Lipinski definition) is 2. The monoisotopic (exact) mass is 246 g/mol. The fraction of sp³-hybridized carbons (Fsp3) is 0.533. The van der Waals surface area contributed by atoms with Gasteiger partial charge < -0.3 is 10.6 Å². The van der Waals surface area contributed by atoms with Crippen molar-refractivity contribution in [2.24, 2.45) is 0 Å². The first-order valence-corrected chi connectivity index (χ1v) is 6.67. The van der Waals surface area contributed by atoms with Crippen LogP contribution in [-0.2, 0) is 4.79 Å². The van der Waals surface area contributed by atoms with Crippen molar-refractivity contribution in [2.75, 3.05) is 11.9 Å². The third kappa shape index (κ3) is 3.49. The Morgan fingerprint density at radius 1 is 1.22 bits per heavy atom. The van der Waals surface area contributed by atoms with Crippen molar-refractivity contribution in [3.05, 3.63) is 28.8 Å². The van der Waals surface area contributed by atoms with Gasteiger partial charge in [0.1, 0.15) is 0 Å². The maximum Gasteiger partial charge on any atom is 0.221 e. The van der Waals surface area contributed by atoms with Crippen molar-refractivity contribution < 1.29 is 4.79 Å². The molecule has 1 aromatic rings. The van der Waals surface area contributed by atoms with Crippen LogP contribution in [0.2, 0.25) is 0 Å². The fourth-order valence-corrected chi connectivity index (χ4v) is 2.29. The lowest BCUT2D eigenvalue weighted by Crippen LogP contribution is -2.27. The first kappa shape index (κ1) is 12.9. The molecule has 0 atom stereocenters. The summed E-state index contributed by atoms with van der Waals surface area (Å²) in [6.07, 6.45) is 2.84. The highest BCUT2D eigenvalue weighted by Crippen LogP contribution is 2.22. The van der Waals surface area contributed by atoms with Crippen LogP contribution in [0.25, 0.3) is 0 Å². The van der Waals surface area contributed by atoms with E-state index in [2.05, 4.69) is 43.5 Å². The minimum Gasteiger partial charge on any atom is -0.384 e. The zero-order valence-corrected chi connectivity index (χ0v) is 11.5. The Bertz CT molecular complexity index is 427. The third-order valence-corrected chi connectivity index (χ3v) is 3.27. The summed E-state index contributed by atoms with van der Waals surface area (Å²) in [6, 6.07) is 4.79. The lowest BCUT2D eigenvalue weighted by Gasteiger charge is -2.13. The molecule has 0 radical (unpaired) electrons. The van der Waals surface area contributed by atoms with Crippen LogP contribution in [0.4, 0.5) is 5.69 Å². The predicted molar refractivity (Wildman–Crippen MR) is 74.9 cm³/mol. The summed E-state index contributed by atoms with van der Waals surface area (Å²) in [5, 5.41) is 6.37. The van der Waals surface area contributed by atoms with Gasteiger partial charge >= 0.3 is 0 Å². The SMILES string of the molecule is Cc1cc(C)c(NCCC(=O)NC2CC2)c(C)c1. The number of amides is 1. The molecule has 1 fully saturated rings. The van der Waals surface area contributed by atoms with Crippen molar-refractivity contribution >= 4 is 11.6 Å². The number of aryl methyl sites for hydroxylation is 3. The molecule has 2 N–H and O–H groups in total. The molecule has 0 unspecified atom stereocenters. The van der Waals surface area contributed by atoms with Gasteiger partial charge in [0, 0.05) is 24.7 Å². The largest absolute Gasteiger partial charge is 0.384 e. The zero-order valence-electron chi connectivity index (χ0n) is 11.5. The number of benzene rings is 1. The Morgan fingerprint density at radius 3 is 2.39 bits per heavy atom. The van der Waals surface area contributed by atoms with Gasteiger partial charge in [-0.3, -0.25) is 4.79 Å². The molecule has 0 heterocycles. The molecule has 18 heavy (non-hydrogen) atoms. The summed E-state index contributed by atoms with van der Waals surface area (Å²) in [4.78, 5) is 11.6. The standard InChI is InChI=1S/C15H22N2O/c1-10-8-11(2)15(12(3)9-10)16-7-6-14(18)17-13-4-5-13/h8-9,13,16H,4-7H2,1-3H3,(H,17,18). The summed E-state index contributed by atoms with van der Waals surface area (Å²) in [7, 11) is 0.